The number of likely N-dealkylation sites (tertiary alicyclic amines) is 1. The first-order valence-electron chi connectivity index (χ1n) is 7.45. The van der Waals surface area contributed by atoms with Crippen molar-refractivity contribution in [2.45, 2.75) is 38.3 Å². The van der Waals surface area contributed by atoms with Gasteiger partial charge in [-0.05, 0) is 37.8 Å². The van der Waals surface area contributed by atoms with Crippen LogP contribution in [0.1, 0.15) is 31.2 Å². The molecule has 2 rings (SSSR count). The Kier molecular flexibility index (Phi) is 6.02. The molecule has 1 aromatic rings. The van der Waals surface area contributed by atoms with Crippen molar-refractivity contribution in [3.63, 3.8) is 0 Å². The molecule has 1 saturated heterocycles. The molecule has 1 aliphatic rings. The molecule has 0 spiro atoms. The number of aliphatic hydroxyl groups is 1. The molecule has 0 aliphatic carbocycles. The van der Waals surface area contributed by atoms with E-state index in [1.54, 1.807) is 0 Å². The van der Waals surface area contributed by atoms with E-state index in [2.05, 4.69) is 10.2 Å². The lowest BCUT2D eigenvalue weighted by Gasteiger charge is -2.23. The molecule has 1 unspecified atom stereocenters. The lowest BCUT2D eigenvalue weighted by Crippen LogP contribution is -2.39. The highest BCUT2D eigenvalue weighted by Gasteiger charge is 2.25. The molecule has 0 saturated carbocycles. The van der Waals surface area contributed by atoms with Crippen LogP contribution in [0.15, 0.2) is 30.3 Å². The van der Waals surface area contributed by atoms with Gasteiger partial charge in [-0.15, -0.1) is 0 Å². The maximum absolute atomic E-state index is 12.0. The summed E-state index contributed by atoms with van der Waals surface area (Å²) in [4.78, 5) is 14.2. The van der Waals surface area contributed by atoms with Crippen LogP contribution in [0.25, 0.3) is 0 Å². The topological polar surface area (TPSA) is 52.6 Å². The molecule has 20 heavy (non-hydrogen) atoms. The van der Waals surface area contributed by atoms with Gasteiger partial charge in [-0.3, -0.25) is 9.69 Å². The second kappa shape index (κ2) is 8.02. The van der Waals surface area contributed by atoms with Gasteiger partial charge >= 0.3 is 0 Å². The van der Waals surface area contributed by atoms with Crippen LogP contribution >= 0.6 is 0 Å². The number of carbonyl (C=O) groups excluding carboxylic acids is 1. The average Bonchev–Trinajstić information content (AvgIpc) is 2.91. The van der Waals surface area contributed by atoms with E-state index in [0.29, 0.717) is 19.1 Å². The van der Waals surface area contributed by atoms with Crippen molar-refractivity contribution in [2.24, 2.45) is 0 Å². The Balaban J connectivity index is 1.73. The third-order valence-electron chi connectivity index (χ3n) is 3.87. The average molecular weight is 276 g/mol. The van der Waals surface area contributed by atoms with Crippen LogP contribution in [-0.2, 0) is 11.3 Å². The first-order valence-corrected chi connectivity index (χ1v) is 7.45. The number of hydrogen-bond acceptors (Lipinski definition) is 3. The fourth-order valence-electron chi connectivity index (χ4n) is 2.79. The summed E-state index contributed by atoms with van der Waals surface area (Å²) in [6, 6.07) is 10.4. The van der Waals surface area contributed by atoms with Gasteiger partial charge in [-0.25, -0.2) is 0 Å². The number of nitrogens with zero attached hydrogens (tertiary/aromatic N) is 1. The van der Waals surface area contributed by atoms with Gasteiger partial charge in [0.15, 0.2) is 0 Å². The van der Waals surface area contributed by atoms with E-state index in [0.717, 1.165) is 37.8 Å². The minimum atomic E-state index is 0.0877. The van der Waals surface area contributed by atoms with Crippen molar-refractivity contribution in [1.29, 1.82) is 0 Å². The molecule has 1 aromatic carbocycles. The smallest absolute Gasteiger partial charge is 0.234 e. The second-order valence-electron chi connectivity index (χ2n) is 5.39. The van der Waals surface area contributed by atoms with Crippen molar-refractivity contribution in [3.05, 3.63) is 35.9 Å². The molecule has 0 radical (unpaired) electrons. The largest absolute Gasteiger partial charge is 0.396 e. The van der Waals surface area contributed by atoms with Crippen LogP contribution in [-0.4, -0.2) is 41.7 Å². The summed E-state index contributed by atoms with van der Waals surface area (Å²) < 4.78 is 0. The van der Waals surface area contributed by atoms with E-state index in [4.69, 9.17) is 5.11 Å². The molecule has 1 heterocycles. The van der Waals surface area contributed by atoms with E-state index >= 15 is 0 Å². The molecular formula is C16H24N2O2. The lowest BCUT2D eigenvalue weighted by molar-refractivity contribution is -0.122. The summed E-state index contributed by atoms with van der Waals surface area (Å²) in [5, 5.41) is 11.9. The van der Waals surface area contributed by atoms with Crippen LogP contribution in [0.5, 0.6) is 0 Å². The molecule has 1 fully saturated rings. The van der Waals surface area contributed by atoms with Gasteiger partial charge in [0.1, 0.15) is 0 Å². The lowest BCUT2D eigenvalue weighted by atomic mass is 10.1. The predicted molar refractivity (Wildman–Crippen MR) is 79.2 cm³/mol. The van der Waals surface area contributed by atoms with E-state index in [-0.39, 0.29) is 12.5 Å². The molecule has 4 nitrogen and oxygen atoms in total. The Bertz CT molecular complexity index is 408. The summed E-state index contributed by atoms with van der Waals surface area (Å²) in [6.45, 7) is 2.30. The normalized spacial score (nSPS) is 19.1. The Labute approximate surface area is 120 Å². The van der Waals surface area contributed by atoms with Crippen LogP contribution in [0.4, 0.5) is 0 Å². The van der Waals surface area contributed by atoms with Crippen molar-refractivity contribution in [2.75, 3.05) is 19.7 Å². The highest BCUT2D eigenvalue weighted by atomic mass is 16.3. The SMILES string of the molecule is O=C(CN1CCCC1CCCO)NCc1ccccc1. The summed E-state index contributed by atoms with van der Waals surface area (Å²) >= 11 is 0. The number of amides is 1. The molecule has 1 atom stereocenters. The van der Waals surface area contributed by atoms with Crippen molar-refractivity contribution >= 4 is 5.91 Å². The molecule has 1 amide bonds. The van der Waals surface area contributed by atoms with Crippen molar-refractivity contribution in [1.82, 2.24) is 10.2 Å². The maximum Gasteiger partial charge on any atom is 0.234 e. The fourth-order valence-corrected chi connectivity index (χ4v) is 2.79. The molecular weight excluding hydrogens is 252 g/mol. The van der Waals surface area contributed by atoms with Crippen LogP contribution in [0, 0.1) is 0 Å². The number of benzene rings is 1. The summed E-state index contributed by atoms with van der Waals surface area (Å²) in [5.74, 6) is 0.0877. The van der Waals surface area contributed by atoms with Gasteiger partial charge in [-0.2, -0.15) is 0 Å². The van der Waals surface area contributed by atoms with Crippen LogP contribution in [0.3, 0.4) is 0 Å². The minimum absolute atomic E-state index is 0.0877. The number of rotatable bonds is 7. The van der Waals surface area contributed by atoms with Gasteiger partial charge in [-0.1, -0.05) is 30.3 Å². The molecule has 110 valence electrons. The Morgan fingerprint density at radius 1 is 1.35 bits per heavy atom. The first-order chi connectivity index (χ1) is 9.79. The highest BCUT2D eigenvalue weighted by Crippen LogP contribution is 2.20. The van der Waals surface area contributed by atoms with E-state index in [1.165, 1.54) is 0 Å². The van der Waals surface area contributed by atoms with Crippen LogP contribution < -0.4 is 5.32 Å². The van der Waals surface area contributed by atoms with E-state index in [9.17, 15) is 4.79 Å². The van der Waals surface area contributed by atoms with E-state index in [1.807, 2.05) is 30.3 Å². The second-order valence-corrected chi connectivity index (χ2v) is 5.39. The Morgan fingerprint density at radius 3 is 2.90 bits per heavy atom. The molecule has 2 N–H and O–H groups in total. The number of hydrogen-bond donors (Lipinski definition) is 2. The maximum atomic E-state index is 12.0. The highest BCUT2D eigenvalue weighted by molar-refractivity contribution is 5.78. The zero-order valence-corrected chi connectivity index (χ0v) is 11.9. The molecule has 0 aromatic heterocycles. The monoisotopic (exact) mass is 276 g/mol. The third kappa shape index (κ3) is 4.62. The number of carbonyl (C=O) groups is 1. The number of nitrogens with one attached hydrogen (secondary N) is 1. The summed E-state index contributed by atoms with van der Waals surface area (Å²) in [7, 11) is 0. The first kappa shape index (κ1) is 15.0. The van der Waals surface area contributed by atoms with Gasteiger partial charge in [0.05, 0.1) is 6.54 Å². The van der Waals surface area contributed by atoms with Crippen molar-refractivity contribution in [3.8, 4) is 0 Å². The summed E-state index contributed by atoms with van der Waals surface area (Å²) in [6.07, 6.45) is 4.11. The fraction of sp³-hybridized carbons (Fsp3) is 0.562. The van der Waals surface area contributed by atoms with E-state index < -0.39 is 0 Å². The third-order valence-corrected chi connectivity index (χ3v) is 3.87. The Morgan fingerprint density at radius 2 is 2.15 bits per heavy atom. The number of aliphatic hydroxyl groups excluding tert-OH is 1. The van der Waals surface area contributed by atoms with Crippen LogP contribution in [0.2, 0.25) is 0 Å². The van der Waals surface area contributed by atoms with Gasteiger partial charge in [0.2, 0.25) is 5.91 Å². The predicted octanol–water partition coefficient (Wildman–Crippen LogP) is 1.54. The van der Waals surface area contributed by atoms with Gasteiger partial charge < -0.3 is 10.4 Å². The molecule has 4 heteroatoms. The standard InChI is InChI=1S/C16H24N2O2/c19-11-5-9-15-8-4-10-18(15)13-16(20)17-12-14-6-2-1-3-7-14/h1-3,6-7,15,19H,4-5,8-13H2,(H,17,20). The Hall–Kier alpha value is -1.39. The minimum Gasteiger partial charge on any atom is -0.396 e. The van der Waals surface area contributed by atoms with Crippen molar-refractivity contribution < 1.29 is 9.90 Å². The zero-order chi connectivity index (χ0) is 14.2. The summed E-state index contributed by atoms with van der Waals surface area (Å²) in [5.41, 5.74) is 1.12. The van der Waals surface area contributed by atoms with Gasteiger partial charge in [0.25, 0.3) is 0 Å². The zero-order valence-electron chi connectivity index (χ0n) is 11.9. The molecule has 1 aliphatic heterocycles. The van der Waals surface area contributed by atoms with Gasteiger partial charge in [0, 0.05) is 19.2 Å². The molecule has 0 bridgehead atoms. The quantitative estimate of drug-likeness (QED) is 0.794.